The minimum absolute atomic E-state index is 0.0710. The summed E-state index contributed by atoms with van der Waals surface area (Å²) in [5, 5.41) is 3.77. The van der Waals surface area contributed by atoms with Crippen LogP contribution in [0.2, 0.25) is 0 Å². The number of para-hydroxylation sites is 1. The van der Waals surface area contributed by atoms with Crippen molar-refractivity contribution in [3.8, 4) is 10.6 Å². The van der Waals surface area contributed by atoms with Gasteiger partial charge in [0, 0.05) is 37.0 Å². The molecular formula is C26H25N3O4S2. The summed E-state index contributed by atoms with van der Waals surface area (Å²) in [5.74, 6) is -0.317. The second kappa shape index (κ2) is 9.87. The van der Waals surface area contributed by atoms with Gasteiger partial charge in [-0.2, -0.15) is 4.31 Å². The smallest absolute Gasteiger partial charge is 0.255 e. The molecule has 180 valence electrons. The molecule has 0 radical (unpaired) electrons. The second-order valence-electron chi connectivity index (χ2n) is 8.47. The van der Waals surface area contributed by atoms with Gasteiger partial charge >= 0.3 is 0 Å². The van der Waals surface area contributed by atoms with E-state index in [0.29, 0.717) is 24.4 Å². The lowest BCUT2D eigenvalue weighted by atomic mass is 10.2. The zero-order valence-corrected chi connectivity index (χ0v) is 20.8. The van der Waals surface area contributed by atoms with Crippen LogP contribution in [0.15, 0.2) is 77.7 Å². The lowest BCUT2D eigenvalue weighted by molar-refractivity contribution is 0.0979. The van der Waals surface area contributed by atoms with E-state index in [-0.39, 0.29) is 16.9 Å². The highest BCUT2D eigenvalue weighted by Gasteiger charge is 2.26. The average Bonchev–Trinajstić information content (AvgIpc) is 3.54. The molecule has 0 saturated carbocycles. The van der Waals surface area contributed by atoms with Crippen molar-refractivity contribution in [1.29, 1.82) is 0 Å². The Bertz CT molecular complexity index is 1430. The third kappa shape index (κ3) is 5.13. The molecular weight excluding hydrogens is 482 g/mol. The molecule has 1 saturated heterocycles. The van der Waals surface area contributed by atoms with Gasteiger partial charge in [0.05, 0.1) is 21.2 Å². The molecule has 1 atom stereocenters. The highest BCUT2D eigenvalue weighted by Crippen LogP contribution is 2.31. The Balaban J connectivity index is 1.28. The molecule has 0 bridgehead atoms. The van der Waals surface area contributed by atoms with Crippen molar-refractivity contribution in [2.24, 2.45) is 0 Å². The van der Waals surface area contributed by atoms with Crippen molar-refractivity contribution >= 4 is 43.2 Å². The molecule has 1 aliphatic heterocycles. The van der Waals surface area contributed by atoms with E-state index >= 15 is 0 Å². The summed E-state index contributed by atoms with van der Waals surface area (Å²) >= 11 is 1.60. The molecule has 7 nitrogen and oxygen atoms in total. The Morgan fingerprint density at radius 2 is 1.91 bits per heavy atom. The van der Waals surface area contributed by atoms with Gasteiger partial charge in [-0.05, 0) is 61.4 Å². The number of nitrogens with zero attached hydrogens (tertiary/aromatic N) is 2. The van der Waals surface area contributed by atoms with Crippen molar-refractivity contribution in [3.63, 3.8) is 0 Å². The molecule has 1 fully saturated rings. The first kappa shape index (κ1) is 23.6. The van der Waals surface area contributed by atoms with Crippen LogP contribution in [-0.4, -0.2) is 49.9 Å². The van der Waals surface area contributed by atoms with Crippen LogP contribution in [0.1, 0.15) is 23.2 Å². The SMILES string of the molecule is CN(CC1CCCO1)S(=O)(=O)c1ccc(C(=O)Nc2cccc(-c3nc4ccccc4s3)c2)cc1. The van der Waals surface area contributed by atoms with Crippen LogP contribution in [0.3, 0.4) is 0 Å². The van der Waals surface area contributed by atoms with Crippen molar-refractivity contribution in [2.75, 3.05) is 25.5 Å². The number of carbonyl (C=O) groups is 1. The van der Waals surface area contributed by atoms with Crippen LogP contribution in [0.25, 0.3) is 20.8 Å². The molecule has 5 rings (SSSR count). The number of hydrogen-bond donors (Lipinski definition) is 1. The number of anilines is 1. The number of amides is 1. The summed E-state index contributed by atoms with van der Waals surface area (Å²) in [6.45, 7) is 0.988. The number of rotatable bonds is 7. The number of nitrogens with one attached hydrogen (secondary N) is 1. The van der Waals surface area contributed by atoms with Gasteiger partial charge in [0.1, 0.15) is 5.01 Å². The van der Waals surface area contributed by atoms with Gasteiger partial charge in [-0.1, -0.05) is 24.3 Å². The fourth-order valence-corrected chi connectivity index (χ4v) is 6.22. The maximum atomic E-state index is 12.9. The van der Waals surface area contributed by atoms with Crippen LogP contribution in [0, 0.1) is 0 Å². The van der Waals surface area contributed by atoms with E-state index in [2.05, 4.69) is 10.3 Å². The molecule has 1 amide bonds. The number of sulfonamides is 1. The maximum Gasteiger partial charge on any atom is 0.255 e. The van der Waals surface area contributed by atoms with E-state index in [1.807, 2.05) is 48.5 Å². The summed E-state index contributed by atoms with van der Waals surface area (Å²) in [6, 6.07) is 21.5. The summed E-state index contributed by atoms with van der Waals surface area (Å²) in [7, 11) is -2.11. The van der Waals surface area contributed by atoms with Crippen molar-refractivity contribution in [1.82, 2.24) is 9.29 Å². The molecule has 1 aliphatic rings. The molecule has 3 aromatic carbocycles. The quantitative estimate of drug-likeness (QED) is 0.380. The number of ether oxygens (including phenoxy) is 1. The number of aromatic nitrogens is 1. The molecule has 1 N–H and O–H groups in total. The van der Waals surface area contributed by atoms with E-state index in [4.69, 9.17) is 4.74 Å². The molecule has 2 heterocycles. The number of benzene rings is 3. The Hall–Kier alpha value is -3.11. The summed E-state index contributed by atoms with van der Waals surface area (Å²) in [5.41, 5.74) is 2.87. The van der Waals surface area contributed by atoms with E-state index in [9.17, 15) is 13.2 Å². The minimum Gasteiger partial charge on any atom is -0.377 e. The molecule has 1 aromatic heterocycles. The largest absolute Gasteiger partial charge is 0.377 e. The standard InChI is InChI=1S/C26H25N3O4S2/c1-29(17-21-8-5-15-33-21)35(31,32)22-13-11-18(12-14-22)25(30)27-20-7-4-6-19(16-20)26-28-23-9-2-3-10-24(23)34-26/h2-4,6-7,9-14,16,21H,5,8,15,17H2,1H3,(H,27,30). The van der Waals surface area contributed by atoms with Crippen LogP contribution >= 0.6 is 11.3 Å². The Labute approximate surface area is 208 Å². The number of fused-ring (bicyclic) bond motifs is 1. The number of thiazole rings is 1. The minimum atomic E-state index is -3.66. The van der Waals surface area contributed by atoms with Crippen molar-refractivity contribution < 1.29 is 17.9 Å². The van der Waals surface area contributed by atoms with Gasteiger partial charge in [-0.3, -0.25) is 4.79 Å². The average molecular weight is 508 g/mol. The first-order valence-corrected chi connectivity index (χ1v) is 13.6. The van der Waals surface area contributed by atoms with Crippen LogP contribution < -0.4 is 5.32 Å². The van der Waals surface area contributed by atoms with Gasteiger partial charge in [0.15, 0.2) is 0 Å². The first-order chi connectivity index (χ1) is 16.9. The Kier molecular flexibility index (Phi) is 6.66. The molecule has 0 aliphatic carbocycles. The van der Waals surface area contributed by atoms with Crippen LogP contribution in [-0.2, 0) is 14.8 Å². The van der Waals surface area contributed by atoms with Gasteiger partial charge in [-0.15, -0.1) is 11.3 Å². The molecule has 35 heavy (non-hydrogen) atoms. The third-order valence-corrected chi connectivity index (χ3v) is 8.89. The predicted octanol–water partition coefficient (Wildman–Crippen LogP) is 5.02. The van der Waals surface area contributed by atoms with E-state index in [0.717, 1.165) is 33.6 Å². The van der Waals surface area contributed by atoms with E-state index < -0.39 is 10.0 Å². The molecule has 0 spiro atoms. The Morgan fingerprint density at radius 3 is 2.66 bits per heavy atom. The van der Waals surface area contributed by atoms with Gasteiger partial charge in [-0.25, -0.2) is 13.4 Å². The van der Waals surface area contributed by atoms with Gasteiger partial charge in [0.25, 0.3) is 5.91 Å². The monoisotopic (exact) mass is 507 g/mol. The highest BCUT2D eigenvalue weighted by molar-refractivity contribution is 7.89. The van der Waals surface area contributed by atoms with E-state index in [1.165, 1.54) is 28.6 Å². The van der Waals surface area contributed by atoms with Crippen molar-refractivity contribution in [2.45, 2.75) is 23.8 Å². The number of hydrogen-bond acceptors (Lipinski definition) is 6. The van der Waals surface area contributed by atoms with Crippen LogP contribution in [0.4, 0.5) is 5.69 Å². The molecule has 4 aromatic rings. The first-order valence-electron chi connectivity index (χ1n) is 11.4. The van der Waals surface area contributed by atoms with Gasteiger partial charge < -0.3 is 10.1 Å². The lowest BCUT2D eigenvalue weighted by Crippen LogP contribution is -2.34. The highest BCUT2D eigenvalue weighted by atomic mass is 32.2. The van der Waals surface area contributed by atoms with Gasteiger partial charge in [0.2, 0.25) is 10.0 Å². The second-order valence-corrected chi connectivity index (χ2v) is 11.5. The summed E-state index contributed by atoms with van der Waals surface area (Å²) in [4.78, 5) is 17.7. The lowest BCUT2D eigenvalue weighted by Gasteiger charge is -2.20. The third-order valence-electron chi connectivity index (χ3n) is 5.97. The predicted molar refractivity (Wildman–Crippen MR) is 138 cm³/mol. The number of likely N-dealkylation sites (N-methyl/N-ethyl adjacent to an activating group) is 1. The van der Waals surface area contributed by atoms with Crippen molar-refractivity contribution in [3.05, 3.63) is 78.4 Å². The van der Waals surface area contributed by atoms with E-state index in [1.54, 1.807) is 18.4 Å². The summed E-state index contributed by atoms with van der Waals surface area (Å²) in [6.07, 6.45) is 1.74. The fraction of sp³-hybridized carbons (Fsp3) is 0.231. The normalized spacial score (nSPS) is 16.1. The number of carbonyl (C=O) groups excluding carboxylic acids is 1. The molecule has 1 unspecified atom stereocenters. The topological polar surface area (TPSA) is 88.6 Å². The molecule has 9 heteroatoms. The van der Waals surface area contributed by atoms with Crippen LogP contribution in [0.5, 0.6) is 0 Å². The Morgan fingerprint density at radius 1 is 1.11 bits per heavy atom. The zero-order valence-electron chi connectivity index (χ0n) is 19.2. The maximum absolute atomic E-state index is 12.9. The zero-order chi connectivity index (χ0) is 24.4. The fourth-order valence-electron chi connectivity index (χ4n) is 4.06. The summed E-state index contributed by atoms with van der Waals surface area (Å²) < 4.78 is 33.8.